The van der Waals surface area contributed by atoms with Crippen molar-refractivity contribution in [3.8, 4) is 11.5 Å². The first-order valence-corrected chi connectivity index (χ1v) is 12.7. The molecule has 7 nitrogen and oxygen atoms in total. The molecular formula is C26H28N2O5S2. The van der Waals surface area contributed by atoms with Gasteiger partial charge in [-0.2, -0.15) is 0 Å². The minimum atomic E-state index is -0.702. The number of thiocarbonyl (C=S) groups is 1. The third kappa shape index (κ3) is 5.06. The highest BCUT2D eigenvalue weighted by molar-refractivity contribution is 8.15. The predicted molar refractivity (Wildman–Crippen MR) is 141 cm³/mol. The number of hydrogen-bond donors (Lipinski definition) is 2. The van der Waals surface area contributed by atoms with Crippen molar-refractivity contribution in [3.63, 3.8) is 0 Å². The summed E-state index contributed by atoms with van der Waals surface area (Å²) in [5.74, 6) is 0.824. The van der Waals surface area contributed by atoms with Crippen molar-refractivity contribution in [1.82, 2.24) is 5.32 Å². The lowest BCUT2D eigenvalue weighted by atomic mass is 9.87. The summed E-state index contributed by atoms with van der Waals surface area (Å²) in [6, 6.07) is 7.67. The monoisotopic (exact) mass is 512 g/mol. The van der Waals surface area contributed by atoms with Crippen LogP contribution in [0.1, 0.15) is 48.1 Å². The summed E-state index contributed by atoms with van der Waals surface area (Å²) >= 11 is 6.79. The van der Waals surface area contributed by atoms with Crippen LogP contribution in [0.2, 0.25) is 0 Å². The van der Waals surface area contributed by atoms with Crippen LogP contribution in [0.5, 0.6) is 11.5 Å². The average Bonchev–Trinajstić information content (AvgIpc) is 3.12. The van der Waals surface area contributed by atoms with Crippen LogP contribution < -0.4 is 20.1 Å². The Bertz CT molecular complexity index is 1240. The van der Waals surface area contributed by atoms with Crippen molar-refractivity contribution >= 4 is 51.8 Å². The first kappa shape index (κ1) is 25.2. The molecule has 4 rings (SSSR count). The second-order valence-electron chi connectivity index (χ2n) is 9.18. The zero-order chi connectivity index (χ0) is 25.5. The SMILES string of the molecule is CC(=O)Oc1c(C)c(C)c2c(c1C)CCC(C)(C(=S)Nc1ccc(CC3SC(=O)NC3=O)cc1)O2. The Morgan fingerprint density at radius 3 is 2.49 bits per heavy atom. The highest BCUT2D eigenvalue weighted by Gasteiger charge is 2.38. The molecule has 0 spiro atoms. The molecule has 2 aromatic carbocycles. The molecule has 2 unspecified atom stereocenters. The minimum absolute atomic E-state index is 0.244. The lowest BCUT2D eigenvalue weighted by Crippen LogP contribution is -2.47. The van der Waals surface area contributed by atoms with E-state index in [9.17, 15) is 14.4 Å². The van der Waals surface area contributed by atoms with Crippen molar-refractivity contribution in [2.75, 3.05) is 5.32 Å². The van der Waals surface area contributed by atoms with Crippen LogP contribution in [0.3, 0.4) is 0 Å². The van der Waals surface area contributed by atoms with E-state index in [0.717, 1.165) is 57.4 Å². The molecule has 2 amide bonds. The van der Waals surface area contributed by atoms with E-state index in [1.165, 1.54) is 6.92 Å². The molecule has 2 aromatic rings. The summed E-state index contributed by atoms with van der Waals surface area (Å²) in [4.78, 5) is 35.4. The summed E-state index contributed by atoms with van der Waals surface area (Å²) in [5, 5.41) is 4.93. The van der Waals surface area contributed by atoms with E-state index in [1.54, 1.807) is 0 Å². The smallest absolute Gasteiger partial charge is 0.308 e. The third-order valence-electron chi connectivity index (χ3n) is 6.62. The largest absolute Gasteiger partial charge is 0.480 e. The number of amides is 2. The number of benzene rings is 2. The van der Waals surface area contributed by atoms with E-state index in [0.29, 0.717) is 23.6 Å². The van der Waals surface area contributed by atoms with Gasteiger partial charge in [0, 0.05) is 18.2 Å². The number of rotatable bonds is 5. The van der Waals surface area contributed by atoms with Gasteiger partial charge in [0.2, 0.25) is 5.91 Å². The highest BCUT2D eigenvalue weighted by atomic mass is 32.2. The van der Waals surface area contributed by atoms with Gasteiger partial charge in [0.25, 0.3) is 5.24 Å². The number of esters is 1. The van der Waals surface area contributed by atoms with Crippen LogP contribution in [-0.4, -0.2) is 33.0 Å². The van der Waals surface area contributed by atoms with Gasteiger partial charge >= 0.3 is 5.97 Å². The molecular weight excluding hydrogens is 484 g/mol. The standard InChI is InChI=1S/C26H28N2O5S2/c1-13-14(2)22-19(15(3)21(13)32-16(4)29)10-11-26(5,33-22)24(34)27-18-8-6-17(7-9-18)12-20-23(30)28-25(31)35-20/h6-9,20H,10-12H2,1-5H3,(H,27,34)(H,28,30,31). The lowest BCUT2D eigenvalue weighted by Gasteiger charge is -2.38. The normalized spacial score (nSPS) is 21.1. The third-order valence-corrected chi connectivity index (χ3v) is 8.13. The first-order chi connectivity index (χ1) is 16.5. The summed E-state index contributed by atoms with van der Waals surface area (Å²) in [6.45, 7) is 9.24. The molecule has 9 heteroatoms. The molecule has 2 aliphatic rings. The molecule has 0 saturated carbocycles. The fourth-order valence-electron chi connectivity index (χ4n) is 4.42. The van der Waals surface area contributed by atoms with E-state index < -0.39 is 10.9 Å². The molecule has 0 aromatic heterocycles. The molecule has 1 saturated heterocycles. The molecule has 2 heterocycles. The number of thioether (sulfide) groups is 1. The summed E-state index contributed by atoms with van der Waals surface area (Å²) in [6.07, 6.45) is 1.90. The molecule has 2 N–H and O–H groups in total. The Kier molecular flexibility index (Phi) is 6.92. The molecule has 2 atom stereocenters. The van der Waals surface area contributed by atoms with Crippen molar-refractivity contribution in [2.45, 2.75) is 64.7 Å². The minimum Gasteiger partial charge on any atom is -0.480 e. The first-order valence-electron chi connectivity index (χ1n) is 11.4. The zero-order valence-corrected chi connectivity index (χ0v) is 22.0. The van der Waals surface area contributed by atoms with Gasteiger partial charge in [-0.25, -0.2) is 0 Å². The van der Waals surface area contributed by atoms with Gasteiger partial charge in [-0.05, 0) is 81.3 Å². The van der Waals surface area contributed by atoms with Gasteiger partial charge in [0.05, 0.1) is 5.25 Å². The topological polar surface area (TPSA) is 93.7 Å². The van der Waals surface area contributed by atoms with Crippen LogP contribution in [0.25, 0.3) is 0 Å². The summed E-state index contributed by atoms with van der Waals surface area (Å²) in [7, 11) is 0. The Balaban J connectivity index is 1.48. The number of fused-ring (bicyclic) bond motifs is 1. The maximum atomic E-state index is 11.8. The summed E-state index contributed by atoms with van der Waals surface area (Å²) < 4.78 is 12.0. The molecule has 0 radical (unpaired) electrons. The Morgan fingerprint density at radius 1 is 1.20 bits per heavy atom. The van der Waals surface area contributed by atoms with Crippen LogP contribution >= 0.6 is 24.0 Å². The van der Waals surface area contributed by atoms with Crippen molar-refractivity contribution in [1.29, 1.82) is 0 Å². The van der Waals surface area contributed by atoms with Gasteiger partial charge in [-0.1, -0.05) is 36.1 Å². The van der Waals surface area contributed by atoms with Gasteiger partial charge in [0.1, 0.15) is 16.5 Å². The van der Waals surface area contributed by atoms with Crippen LogP contribution in [0.15, 0.2) is 24.3 Å². The Hall–Kier alpha value is -2.91. The average molecular weight is 513 g/mol. The maximum Gasteiger partial charge on any atom is 0.308 e. The van der Waals surface area contributed by atoms with Gasteiger partial charge < -0.3 is 14.8 Å². The van der Waals surface area contributed by atoms with E-state index >= 15 is 0 Å². The second-order valence-corrected chi connectivity index (χ2v) is 10.8. The van der Waals surface area contributed by atoms with Gasteiger partial charge in [0.15, 0.2) is 5.60 Å². The quantitative estimate of drug-likeness (QED) is 0.330. The summed E-state index contributed by atoms with van der Waals surface area (Å²) in [5.41, 5.74) is 4.86. The number of carbonyl (C=O) groups is 3. The number of hydrogen-bond acceptors (Lipinski definition) is 7. The highest BCUT2D eigenvalue weighted by Crippen LogP contribution is 2.44. The Morgan fingerprint density at radius 2 is 1.89 bits per heavy atom. The van der Waals surface area contributed by atoms with Crippen molar-refractivity contribution in [3.05, 3.63) is 52.1 Å². The van der Waals surface area contributed by atoms with E-state index in [2.05, 4.69) is 10.6 Å². The molecule has 0 bridgehead atoms. The van der Waals surface area contributed by atoms with E-state index in [-0.39, 0.29) is 17.1 Å². The molecule has 0 aliphatic carbocycles. The van der Waals surface area contributed by atoms with Crippen LogP contribution in [0, 0.1) is 20.8 Å². The molecule has 35 heavy (non-hydrogen) atoms. The van der Waals surface area contributed by atoms with Crippen molar-refractivity contribution < 1.29 is 23.9 Å². The number of anilines is 1. The zero-order valence-electron chi connectivity index (χ0n) is 20.4. The fourth-order valence-corrected chi connectivity index (χ4v) is 5.54. The number of carbonyl (C=O) groups excluding carboxylic acids is 3. The van der Waals surface area contributed by atoms with E-state index in [4.69, 9.17) is 21.7 Å². The fraction of sp³-hybridized carbons (Fsp3) is 0.385. The molecule has 1 fully saturated rings. The maximum absolute atomic E-state index is 11.8. The number of nitrogens with one attached hydrogen (secondary N) is 2. The van der Waals surface area contributed by atoms with Gasteiger partial charge in [-0.3, -0.25) is 19.7 Å². The number of ether oxygens (including phenoxy) is 2. The van der Waals surface area contributed by atoms with Gasteiger partial charge in [-0.15, -0.1) is 0 Å². The number of imide groups is 1. The van der Waals surface area contributed by atoms with Crippen LogP contribution in [0.4, 0.5) is 10.5 Å². The lowest BCUT2D eigenvalue weighted by molar-refractivity contribution is -0.132. The Labute approximate surface area is 214 Å². The predicted octanol–water partition coefficient (Wildman–Crippen LogP) is 4.95. The van der Waals surface area contributed by atoms with E-state index in [1.807, 2.05) is 52.0 Å². The second kappa shape index (κ2) is 9.62. The molecule has 184 valence electrons. The van der Waals surface area contributed by atoms with Crippen molar-refractivity contribution in [2.24, 2.45) is 0 Å². The van der Waals surface area contributed by atoms with Crippen LogP contribution in [-0.2, 0) is 22.4 Å². The molecule has 2 aliphatic heterocycles.